The van der Waals surface area contributed by atoms with Crippen molar-refractivity contribution >= 4 is 17.5 Å². The zero-order valence-electron chi connectivity index (χ0n) is 21.0. The SMILES string of the molecule is CC.Cc1ccc(C2=NN(C)C(C3=C(N)N(C)CC(c4ccc(C(=O)N(C)C)cc4)=N3)O2)cc1. The average Bonchev–Trinajstić information content (AvgIpc) is 3.23. The molecular formula is C26H34N6O2. The fraction of sp³-hybridized carbons (Fsp3) is 0.346. The fourth-order valence-corrected chi connectivity index (χ4v) is 3.60. The number of rotatable bonds is 4. The van der Waals surface area contributed by atoms with Gasteiger partial charge in [-0.1, -0.05) is 43.7 Å². The molecule has 34 heavy (non-hydrogen) atoms. The molecule has 2 aromatic carbocycles. The molecule has 2 aliphatic rings. The molecule has 2 N–H and O–H groups in total. The minimum atomic E-state index is -0.529. The van der Waals surface area contributed by atoms with Crippen LogP contribution in [-0.4, -0.2) is 73.3 Å². The largest absolute Gasteiger partial charge is 0.444 e. The van der Waals surface area contributed by atoms with Gasteiger partial charge in [0.1, 0.15) is 11.5 Å². The summed E-state index contributed by atoms with van der Waals surface area (Å²) < 4.78 is 6.17. The van der Waals surface area contributed by atoms with Gasteiger partial charge in [-0.3, -0.25) is 9.80 Å². The van der Waals surface area contributed by atoms with E-state index >= 15 is 0 Å². The van der Waals surface area contributed by atoms with E-state index in [0.29, 0.717) is 29.5 Å². The second-order valence-corrected chi connectivity index (χ2v) is 8.28. The Morgan fingerprint density at radius 2 is 1.62 bits per heavy atom. The minimum absolute atomic E-state index is 0.0363. The van der Waals surface area contributed by atoms with Crippen LogP contribution in [0, 0.1) is 6.92 Å². The molecule has 0 saturated carbocycles. The summed E-state index contributed by atoms with van der Waals surface area (Å²) in [6, 6.07) is 15.5. The summed E-state index contributed by atoms with van der Waals surface area (Å²) in [7, 11) is 7.24. The van der Waals surface area contributed by atoms with E-state index in [2.05, 4.69) is 5.10 Å². The first-order valence-electron chi connectivity index (χ1n) is 11.4. The summed E-state index contributed by atoms with van der Waals surface area (Å²) in [5.41, 5.74) is 11.5. The normalized spacial score (nSPS) is 17.4. The van der Waals surface area contributed by atoms with Gasteiger partial charge in [0.05, 0.1) is 12.3 Å². The van der Waals surface area contributed by atoms with Crippen LogP contribution < -0.4 is 5.73 Å². The highest BCUT2D eigenvalue weighted by molar-refractivity contribution is 6.04. The third-order valence-electron chi connectivity index (χ3n) is 5.53. The molecule has 2 aromatic rings. The Balaban J connectivity index is 0.00000158. The number of carbonyl (C=O) groups excluding carboxylic acids is 1. The number of aryl methyl sites for hydroxylation is 1. The second-order valence-electron chi connectivity index (χ2n) is 8.28. The molecule has 0 bridgehead atoms. The van der Waals surface area contributed by atoms with E-state index in [1.165, 1.54) is 5.56 Å². The quantitative estimate of drug-likeness (QED) is 0.754. The number of nitrogens with two attached hydrogens (primary N) is 1. The van der Waals surface area contributed by atoms with Gasteiger partial charge in [-0.15, -0.1) is 5.10 Å². The lowest BCUT2D eigenvalue weighted by molar-refractivity contribution is 0.0827. The van der Waals surface area contributed by atoms with Gasteiger partial charge in [0.15, 0.2) is 0 Å². The number of benzene rings is 2. The molecule has 0 aliphatic carbocycles. The predicted octanol–water partition coefficient (Wildman–Crippen LogP) is 3.24. The van der Waals surface area contributed by atoms with Crippen LogP contribution in [0.1, 0.15) is 40.9 Å². The van der Waals surface area contributed by atoms with Gasteiger partial charge < -0.3 is 20.3 Å². The molecule has 2 heterocycles. The first-order valence-corrected chi connectivity index (χ1v) is 11.4. The number of nitrogens with zero attached hydrogens (tertiary/aromatic N) is 5. The molecule has 8 heteroatoms. The van der Waals surface area contributed by atoms with Crippen LogP contribution in [0.25, 0.3) is 0 Å². The van der Waals surface area contributed by atoms with Crippen molar-refractivity contribution in [1.82, 2.24) is 14.8 Å². The predicted molar refractivity (Wildman–Crippen MR) is 137 cm³/mol. The molecule has 1 unspecified atom stereocenters. The summed E-state index contributed by atoms with van der Waals surface area (Å²) >= 11 is 0. The number of hydrogen-bond donors (Lipinski definition) is 1. The van der Waals surface area contributed by atoms with Crippen molar-refractivity contribution in [2.75, 3.05) is 34.7 Å². The summed E-state index contributed by atoms with van der Waals surface area (Å²) in [4.78, 5) is 20.5. The number of amides is 1. The van der Waals surface area contributed by atoms with Crippen LogP contribution in [-0.2, 0) is 4.74 Å². The van der Waals surface area contributed by atoms with E-state index in [4.69, 9.17) is 15.5 Å². The number of hydrazone groups is 1. The van der Waals surface area contributed by atoms with Gasteiger partial charge >= 0.3 is 0 Å². The zero-order valence-corrected chi connectivity index (χ0v) is 21.0. The van der Waals surface area contributed by atoms with Crippen LogP contribution >= 0.6 is 0 Å². The lowest BCUT2D eigenvalue weighted by atomic mass is 10.0. The number of ether oxygens (including phenoxy) is 1. The highest BCUT2D eigenvalue weighted by atomic mass is 16.5. The highest BCUT2D eigenvalue weighted by Gasteiger charge is 2.34. The van der Waals surface area contributed by atoms with E-state index in [0.717, 1.165) is 16.8 Å². The maximum absolute atomic E-state index is 12.2. The first kappa shape index (κ1) is 24.8. The Kier molecular flexibility index (Phi) is 7.61. The highest BCUT2D eigenvalue weighted by Crippen LogP contribution is 2.27. The van der Waals surface area contributed by atoms with E-state index in [9.17, 15) is 4.79 Å². The summed E-state index contributed by atoms with van der Waals surface area (Å²) in [6.45, 7) is 6.59. The van der Waals surface area contributed by atoms with E-state index in [-0.39, 0.29) is 5.91 Å². The second kappa shape index (κ2) is 10.4. The molecule has 180 valence electrons. The molecule has 1 atom stereocenters. The smallest absolute Gasteiger partial charge is 0.253 e. The molecule has 1 amide bonds. The van der Waals surface area contributed by atoms with Crippen molar-refractivity contribution in [2.45, 2.75) is 27.0 Å². The topological polar surface area (TPSA) is 86.8 Å². The Morgan fingerprint density at radius 3 is 2.21 bits per heavy atom. The van der Waals surface area contributed by atoms with Crippen molar-refractivity contribution < 1.29 is 9.53 Å². The monoisotopic (exact) mass is 462 g/mol. The molecule has 0 radical (unpaired) electrons. The lowest BCUT2D eigenvalue weighted by Gasteiger charge is -2.30. The van der Waals surface area contributed by atoms with Gasteiger partial charge in [0.25, 0.3) is 5.91 Å². The van der Waals surface area contributed by atoms with Crippen LogP contribution in [0.5, 0.6) is 0 Å². The van der Waals surface area contributed by atoms with Crippen molar-refractivity contribution in [3.05, 3.63) is 82.3 Å². The summed E-state index contributed by atoms with van der Waals surface area (Å²) in [6.07, 6.45) is -0.529. The number of aliphatic imine (C=N–C) groups is 1. The maximum atomic E-state index is 12.2. The Bertz CT molecular complexity index is 1120. The third kappa shape index (κ3) is 5.06. The van der Waals surface area contributed by atoms with Crippen LogP contribution in [0.2, 0.25) is 0 Å². The molecule has 0 spiro atoms. The zero-order chi connectivity index (χ0) is 25.0. The number of likely N-dealkylation sites (N-methyl/N-ethyl adjacent to an activating group) is 2. The van der Waals surface area contributed by atoms with Crippen LogP contribution in [0.15, 0.2) is 70.1 Å². The lowest BCUT2D eigenvalue weighted by Crippen LogP contribution is -2.39. The molecule has 4 rings (SSSR count). The molecular weight excluding hydrogens is 428 g/mol. The Morgan fingerprint density at radius 1 is 1.03 bits per heavy atom. The van der Waals surface area contributed by atoms with Crippen molar-refractivity contribution in [3.63, 3.8) is 0 Å². The van der Waals surface area contributed by atoms with Crippen molar-refractivity contribution in [1.29, 1.82) is 0 Å². The van der Waals surface area contributed by atoms with Crippen LogP contribution in [0.4, 0.5) is 0 Å². The van der Waals surface area contributed by atoms with E-state index < -0.39 is 6.23 Å². The maximum Gasteiger partial charge on any atom is 0.253 e. The molecule has 2 aliphatic heterocycles. The first-order chi connectivity index (χ1) is 16.2. The van der Waals surface area contributed by atoms with Crippen molar-refractivity contribution in [2.24, 2.45) is 15.8 Å². The third-order valence-corrected chi connectivity index (χ3v) is 5.53. The molecule has 0 saturated heterocycles. The number of hydrogen-bond acceptors (Lipinski definition) is 7. The van der Waals surface area contributed by atoms with Gasteiger partial charge in [0, 0.05) is 39.3 Å². The van der Waals surface area contributed by atoms with E-state index in [1.54, 1.807) is 24.0 Å². The van der Waals surface area contributed by atoms with Gasteiger partial charge in [-0.05, 0) is 36.8 Å². The van der Waals surface area contributed by atoms with Crippen LogP contribution in [0.3, 0.4) is 0 Å². The number of carbonyl (C=O) groups is 1. The molecule has 0 fully saturated rings. The average molecular weight is 463 g/mol. The minimum Gasteiger partial charge on any atom is -0.444 e. The standard InChI is InChI=1S/C24H28N6O2.C2H6/c1-15-6-8-17(9-7-15)22-27-30(5)24(32-22)20-21(25)29(4)14-19(26-20)16-10-12-18(13-11-16)23(31)28(2)3;1-2/h6-13,24H,14,25H2,1-5H3;1-2H3. The van der Waals surface area contributed by atoms with Gasteiger partial charge in [0.2, 0.25) is 12.1 Å². The van der Waals surface area contributed by atoms with E-state index in [1.807, 2.05) is 88.3 Å². The summed E-state index contributed by atoms with van der Waals surface area (Å²) in [5, 5.41) is 6.29. The van der Waals surface area contributed by atoms with Crippen molar-refractivity contribution in [3.8, 4) is 0 Å². The van der Waals surface area contributed by atoms with Gasteiger partial charge in [-0.2, -0.15) is 0 Å². The Hall–Kier alpha value is -3.81. The molecule has 8 nitrogen and oxygen atoms in total. The Labute approximate surface area is 202 Å². The van der Waals surface area contributed by atoms with Gasteiger partial charge in [-0.25, -0.2) is 4.99 Å². The molecule has 0 aromatic heterocycles. The fourth-order valence-electron chi connectivity index (χ4n) is 3.60. The summed E-state index contributed by atoms with van der Waals surface area (Å²) in [5.74, 6) is 1.05.